The molecule has 2 aromatic rings. The summed E-state index contributed by atoms with van der Waals surface area (Å²) >= 11 is 18.4. The van der Waals surface area contributed by atoms with E-state index in [0.29, 0.717) is 31.0 Å². The molecule has 3 rings (SSSR count). The van der Waals surface area contributed by atoms with E-state index in [4.69, 9.17) is 39.5 Å². The molecule has 0 radical (unpaired) electrons. The highest BCUT2D eigenvalue weighted by molar-refractivity contribution is 6.42. The zero-order valence-corrected chi connectivity index (χ0v) is 18.9. The molecule has 30 heavy (non-hydrogen) atoms. The molecule has 0 aliphatic carbocycles. The van der Waals surface area contributed by atoms with E-state index in [1.165, 1.54) is 12.1 Å². The summed E-state index contributed by atoms with van der Waals surface area (Å²) in [6.45, 7) is 0.955. The highest BCUT2D eigenvalue weighted by Crippen LogP contribution is 2.31. The van der Waals surface area contributed by atoms with Gasteiger partial charge < -0.3 is 15.0 Å². The highest BCUT2D eigenvalue weighted by Gasteiger charge is 2.34. The van der Waals surface area contributed by atoms with Gasteiger partial charge in [0.1, 0.15) is 11.8 Å². The van der Waals surface area contributed by atoms with Crippen molar-refractivity contribution in [3.63, 3.8) is 0 Å². The van der Waals surface area contributed by atoms with Crippen LogP contribution in [-0.4, -0.2) is 43.0 Å². The van der Waals surface area contributed by atoms with Crippen molar-refractivity contribution >= 4 is 46.6 Å². The maximum absolute atomic E-state index is 13.1. The van der Waals surface area contributed by atoms with E-state index in [2.05, 4.69) is 5.32 Å². The van der Waals surface area contributed by atoms with Crippen molar-refractivity contribution in [2.24, 2.45) is 0 Å². The van der Waals surface area contributed by atoms with Crippen molar-refractivity contribution < 1.29 is 14.3 Å². The van der Waals surface area contributed by atoms with Crippen molar-refractivity contribution in [2.75, 3.05) is 20.2 Å². The standard InChI is InChI=1S/C22H23Cl3N2O3/c1-30-16-7-5-14(6-8-16)9-10-26-21(28)19-4-2-3-11-27(19)22(29)20-17(24)12-15(23)13-18(20)25/h5-8,12-13,19H,2-4,9-11H2,1H3,(H,26,28). The van der Waals surface area contributed by atoms with Crippen LogP contribution in [-0.2, 0) is 11.2 Å². The Bertz CT molecular complexity index is 895. The summed E-state index contributed by atoms with van der Waals surface area (Å²) < 4.78 is 5.15. The maximum atomic E-state index is 13.1. The van der Waals surface area contributed by atoms with Crippen molar-refractivity contribution in [3.05, 3.63) is 62.6 Å². The van der Waals surface area contributed by atoms with E-state index in [-0.39, 0.29) is 27.4 Å². The van der Waals surface area contributed by atoms with Gasteiger partial charge in [0.2, 0.25) is 5.91 Å². The molecule has 1 atom stereocenters. The molecule has 1 unspecified atom stereocenters. The molecule has 1 saturated heterocycles. The van der Waals surface area contributed by atoms with Gasteiger partial charge in [0.25, 0.3) is 5.91 Å². The van der Waals surface area contributed by atoms with Crippen LogP contribution >= 0.6 is 34.8 Å². The van der Waals surface area contributed by atoms with E-state index in [1.807, 2.05) is 24.3 Å². The second kappa shape index (κ2) is 10.4. The Kier molecular flexibility index (Phi) is 7.87. The molecule has 8 heteroatoms. The summed E-state index contributed by atoms with van der Waals surface area (Å²) in [5, 5.41) is 3.67. The lowest BCUT2D eigenvalue weighted by atomic mass is 9.99. The number of rotatable bonds is 6. The lowest BCUT2D eigenvalue weighted by molar-refractivity contribution is -0.126. The van der Waals surface area contributed by atoms with Crippen LogP contribution in [0.1, 0.15) is 35.2 Å². The average Bonchev–Trinajstić information content (AvgIpc) is 2.73. The minimum atomic E-state index is -0.551. The third-order valence-electron chi connectivity index (χ3n) is 5.16. The van der Waals surface area contributed by atoms with Crippen LogP contribution in [0.5, 0.6) is 5.75 Å². The number of amides is 2. The fraction of sp³-hybridized carbons (Fsp3) is 0.364. The molecule has 2 aromatic carbocycles. The fourth-order valence-corrected chi connectivity index (χ4v) is 4.56. The monoisotopic (exact) mass is 468 g/mol. The van der Waals surface area contributed by atoms with Gasteiger partial charge >= 0.3 is 0 Å². The quantitative estimate of drug-likeness (QED) is 0.647. The molecule has 1 aliphatic heterocycles. The van der Waals surface area contributed by atoms with Crippen LogP contribution in [0.3, 0.4) is 0 Å². The first-order chi connectivity index (χ1) is 14.4. The molecule has 1 aliphatic rings. The van der Waals surface area contributed by atoms with Gasteiger partial charge in [0.05, 0.1) is 22.7 Å². The Hall–Kier alpha value is -1.95. The van der Waals surface area contributed by atoms with Crippen LogP contribution in [0, 0.1) is 0 Å². The third kappa shape index (κ3) is 5.39. The van der Waals surface area contributed by atoms with E-state index in [9.17, 15) is 9.59 Å². The third-order valence-corrected chi connectivity index (χ3v) is 5.97. The van der Waals surface area contributed by atoms with E-state index >= 15 is 0 Å². The number of benzene rings is 2. The predicted molar refractivity (Wildman–Crippen MR) is 120 cm³/mol. The molecule has 0 saturated carbocycles. The van der Waals surface area contributed by atoms with E-state index in [0.717, 1.165) is 24.2 Å². The molecule has 5 nitrogen and oxygen atoms in total. The second-order valence-electron chi connectivity index (χ2n) is 7.14. The molecule has 2 amide bonds. The zero-order valence-electron chi connectivity index (χ0n) is 16.6. The lowest BCUT2D eigenvalue weighted by Gasteiger charge is -2.35. The number of nitrogens with one attached hydrogen (secondary N) is 1. The summed E-state index contributed by atoms with van der Waals surface area (Å²) in [5.74, 6) is 0.271. The number of carbonyl (C=O) groups is 2. The van der Waals surface area contributed by atoms with E-state index in [1.54, 1.807) is 12.0 Å². The Morgan fingerprint density at radius 3 is 2.40 bits per heavy atom. The number of halogens is 3. The van der Waals surface area contributed by atoms with E-state index < -0.39 is 6.04 Å². The number of likely N-dealkylation sites (tertiary alicyclic amines) is 1. The SMILES string of the molecule is COc1ccc(CCNC(=O)C2CCCCN2C(=O)c2c(Cl)cc(Cl)cc2Cl)cc1. The summed E-state index contributed by atoms with van der Waals surface area (Å²) in [6, 6.07) is 10.1. The van der Waals surface area contributed by atoms with Gasteiger partial charge in [0.15, 0.2) is 0 Å². The van der Waals surface area contributed by atoms with Crippen molar-refractivity contribution in [1.82, 2.24) is 10.2 Å². The lowest BCUT2D eigenvalue weighted by Crippen LogP contribution is -2.52. The van der Waals surface area contributed by atoms with Gasteiger partial charge in [0, 0.05) is 18.1 Å². The van der Waals surface area contributed by atoms with Gasteiger partial charge in [-0.05, 0) is 55.5 Å². The smallest absolute Gasteiger partial charge is 0.257 e. The van der Waals surface area contributed by atoms with Crippen LogP contribution in [0.15, 0.2) is 36.4 Å². The first-order valence-electron chi connectivity index (χ1n) is 9.77. The average molecular weight is 470 g/mol. The summed E-state index contributed by atoms with van der Waals surface area (Å²) in [7, 11) is 1.62. The Labute approximate surface area is 191 Å². The van der Waals surface area contributed by atoms with Crippen LogP contribution in [0.25, 0.3) is 0 Å². The molecular weight excluding hydrogens is 447 g/mol. The molecular formula is C22H23Cl3N2O3. The number of ether oxygens (including phenoxy) is 1. The number of carbonyl (C=O) groups excluding carboxylic acids is 2. The molecule has 0 aromatic heterocycles. The van der Waals surface area contributed by atoms with Gasteiger partial charge in [-0.1, -0.05) is 46.9 Å². The highest BCUT2D eigenvalue weighted by atomic mass is 35.5. The summed E-state index contributed by atoms with van der Waals surface area (Å²) in [5.41, 5.74) is 1.27. The first kappa shape index (κ1) is 22.7. The zero-order chi connectivity index (χ0) is 21.7. The van der Waals surface area contributed by atoms with Gasteiger partial charge in [-0.15, -0.1) is 0 Å². The van der Waals surface area contributed by atoms with Crippen molar-refractivity contribution in [3.8, 4) is 5.75 Å². The number of nitrogens with zero attached hydrogens (tertiary/aromatic N) is 1. The molecule has 1 N–H and O–H groups in total. The van der Waals surface area contributed by atoms with Crippen molar-refractivity contribution in [2.45, 2.75) is 31.7 Å². The van der Waals surface area contributed by atoms with Crippen LogP contribution < -0.4 is 10.1 Å². The molecule has 1 heterocycles. The Morgan fingerprint density at radius 2 is 1.77 bits per heavy atom. The van der Waals surface area contributed by atoms with Gasteiger partial charge in [-0.3, -0.25) is 9.59 Å². The fourth-order valence-electron chi connectivity index (χ4n) is 3.58. The number of methoxy groups -OCH3 is 1. The minimum absolute atomic E-state index is 0.169. The Balaban J connectivity index is 1.65. The second-order valence-corrected chi connectivity index (χ2v) is 8.39. The Morgan fingerprint density at radius 1 is 1.10 bits per heavy atom. The molecule has 1 fully saturated rings. The summed E-state index contributed by atoms with van der Waals surface area (Å²) in [4.78, 5) is 27.6. The number of hydrogen-bond donors (Lipinski definition) is 1. The minimum Gasteiger partial charge on any atom is -0.497 e. The normalized spacial score (nSPS) is 16.3. The molecule has 0 bridgehead atoms. The van der Waals surface area contributed by atoms with Crippen LogP contribution in [0.2, 0.25) is 15.1 Å². The first-order valence-corrected chi connectivity index (χ1v) is 10.9. The molecule has 160 valence electrons. The van der Waals surface area contributed by atoms with Gasteiger partial charge in [-0.2, -0.15) is 0 Å². The predicted octanol–water partition coefficient (Wildman–Crippen LogP) is 5.01. The summed E-state index contributed by atoms with van der Waals surface area (Å²) in [6.07, 6.45) is 2.99. The molecule has 0 spiro atoms. The maximum Gasteiger partial charge on any atom is 0.257 e. The van der Waals surface area contributed by atoms with Crippen LogP contribution in [0.4, 0.5) is 0 Å². The number of hydrogen-bond acceptors (Lipinski definition) is 3. The topological polar surface area (TPSA) is 58.6 Å². The largest absolute Gasteiger partial charge is 0.497 e. The van der Waals surface area contributed by atoms with Gasteiger partial charge in [-0.25, -0.2) is 0 Å². The number of piperidine rings is 1. The van der Waals surface area contributed by atoms with Crippen molar-refractivity contribution in [1.29, 1.82) is 0 Å².